The number of imidazole rings is 1. The molecule has 0 aromatic carbocycles. The summed E-state index contributed by atoms with van der Waals surface area (Å²) in [5.74, 6) is 0. The molecule has 2 rings (SSSR count). The van der Waals surface area contributed by atoms with E-state index in [9.17, 15) is 0 Å². The van der Waals surface area contributed by atoms with Crippen molar-refractivity contribution in [3.8, 4) is 0 Å². The normalized spacial score (nSPS) is 12.9. The van der Waals surface area contributed by atoms with E-state index in [0.29, 0.717) is 0 Å². The Hall–Kier alpha value is -1.58. The lowest BCUT2D eigenvalue weighted by Crippen LogP contribution is -2.28. The Bertz CT molecular complexity index is 500. The van der Waals surface area contributed by atoms with Crippen LogP contribution in [0.2, 0.25) is 0 Å². The fourth-order valence-corrected chi connectivity index (χ4v) is 1.98. The van der Waals surface area contributed by atoms with E-state index < -0.39 is 0 Å². The molecule has 98 valence electrons. The maximum absolute atomic E-state index is 4.66. The largest absolute Gasteiger partial charge is 0.332 e. The predicted molar refractivity (Wildman–Crippen MR) is 72.5 cm³/mol. The van der Waals surface area contributed by atoms with Crippen LogP contribution in [-0.4, -0.2) is 19.3 Å². The third-order valence-electron chi connectivity index (χ3n) is 3.15. The van der Waals surface area contributed by atoms with Crippen LogP contribution in [0.25, 0.3) is 0 Å². The van der Waals surface area contributed by atoms with Crippen LogP contribution in [0, 0.1) is 0 Å². The highest BCUT2D eigenvalue weighted by Gasteiger charge is 2.22. The van der Waals surface area contributed by atoms with Crippen molar-refractivity contribution in [2.45, 2.75) is 52.1 Å². The van der Waals surface area contributed by atoms with Gasteiger partial charge in [-0.3, -0.25) is 4.68 Å². The molecule has 0 saturated carbocycles. The minimum absolute atomic E-state index is 0.00638. The van der Waals surface area contributed by atoms with Gasteiger partial charge >= 0.3 is 0 Å². The van der Waals surface area contributed by atoms with Crippen LogP contribution < -0.4 is 0 Å². The lowest BCUT2D eigenvalue weighted by molar-refractivity contribution is 0.330. The summed E-state index contributed by atoms with van der Waals surface area (Å²) in [6, 6.07) is 2.10. The maximum Gasteiger partial charge on any atom is 0.0951 e. The van der Waals surface area contributed by atoms with Gasteiger partial charge in [-0.05, 0) is 40.7 Å². The quantitative estimate of drug-likeness (QED) is 0.835. The van der Waals surface area contributed by atoms with E-state index in [1.54, 1.807) is 0 Å². The molecule has 4 nitrogen and oxygen atoms in total. The Morgan fingerprint density at radius 2 is 1.83 bits per heavy atom. The Balaban J connectivity index is 2.17. The highest BCUT2D eigenvalue weighted by molar-refractivity contribution is 5.05. The van der Waals surface area contributed by atoms with Crippen LogP contribution >= 0.6 is 0 Å². The van der Waals surface area contributed by atoms with Crippen molar-refractivity contribution in [3.63, 3.8) is 0 Å². The summed E-state index contributed by atoms with van der Waals surface area (Å²) in [6.07, 6.45) is 8.63. The van der Waals surface area contributed by atoms with Crippen molar-refractivity contribution in [2.75, 3.05) is 0 Å². The van der Waals surface area contributed by atoms with Crippen molar-refractivity contribution < 1.29 is 0 Å². The zero-order chi connectivity index (χ0) is 13.4. The molecule has 0 aliphatic carbocycles. The zero-order valence-electron chi connectivity index (χ0n) is 11.9. The summed E-state index contributed by atoms with van der Waals surface area (Å²) >= 11 is 0. The maximum atomic E-state index is 4.66. The van der Waals surface area contributed by atoms with E-state index in [2.05, 4.69) is 61.5 Å². The van der Waals surface area contributed by atoms with Gasteiger partial charge in [0.05, 0.1) is 17.6 Å². The van der Waals surface area contributed by atoms with Crippen LogP contribution in [0.3, 0.4) is 0 Å². The summed E-state index contributed by atoms with van der Waals surface area (Å²) in [6.45, 7) is 10.9. The average molecular weight is 246 g/mol. The van der Waals surface area contributed by atoms with E-state index >= 15 is 0 Å². The van der Waals surface area contributed by atoms with E-state index in [1.807, 2.05) is 23.4 Å². The van der Waals surface area contributed by atoms with Gasteiger partial charge in [-0.2, -0.15) is 5.10 Å². The second-order valence-corrected chi connectivity index (χ2v) is 6.38. The summed E-state index contributed by atoms with van der Waals surface area (Å²) in [4.78, 5) is 4.11. The van der Waals surface area contributed by atoms with E-state index in [4.69, 9.17) is 0 Å². The molecular weight excluding hydrogens is 224 g/mol. The second kappa shape index (κ2) is 4.26. The molecule has 0 saturated heterocycles. The Kier molecular flexibility index (Phi) is 3.05. The lowest BCUT2D eigenvalue weighted by atomic mass is 9.98. The first kappa shape index (κ1) is 12.9. The van der Waals surface area contributed by atoms with Gasteiger partial charge < -0.3 is 4.57 Å². The topological polar surface area (TPSA) is 35.6 Å². The molecule has 18 heavy (non-hydrogen) atoms. The van der Waals surface area contributed by atoms with E-state index in [-0.39, 0.29) is 11.1 Å². The van der Waals surface area contributed by atoms with Gasteiger partial charge in [-0.25, -0.2) is 4.98 Å². The molecule has 0 radical (unpaired) electrons. The lowest BCUT2D eigenvalue weighted by Gasteiger charge is -2.25. The first-order valence-electron chi connectivity index (χ1n) is 6.32. The van der Waals surface area contributed by atoms with Gasteiger partial charge in [-0.15, -0.1) is 0 Å². The molecule has 0 fully saturated rings. The monoisotopic (exact) mass is 246 g/mol. The predicted octanol–water partition coefficient (Wildman–Crippen LogP) is 2.81. The standard InChI is InChI=1S/C14H22N4/c1-13(2,3)18-8-6-12(16-18)10-14(4,5)17-9-7-15-11-17/h6-9,11H,10H2,1-5H3. The molecule has 2 aromatic heterocycles. The molecule has 0 N–H and O–H groups in total. The fourth-order valence-electron chi connectivity index (χ4n) is 1.98. The molecule has 0 unspecified atom stereocenters. The number of nitrogens with zero attached hydrogens (tertiary/aromatic N) is 4. The Labute approximate surface area is 109 Å². The summed E-state index contributed by atoms with van der Waals surface area (Å²) in [5.41, 5.74) is 1.15. The minimum Gasteiger partial charge on any atom is -0.332 e. The molecule has 0 bridgehead atoms. The van der Waals surface area contributed by atoms with Crippen LogP contribution in [-0.2, 0) is 17.5 Å². The highest BCUT2D eigenvalue weighted by Crippen LogP contribution is 2.21. The number of hydrogen-bond donors (Lipinski definition) is 0. The molecule has 0 atom stereocenters. The van der Waals surface area contributed by atoms with Gasteiger partial charge in [0.1, 0.15) is 0 Å². The molecule has 0 aliphatic rings. The molecule has 0 aliphatic heterocycles. The van der Waals surface area contributed by atoms with Crippen molar-refractivity contribution in [2.24, 2.45) is 0 Å². The second-order valence-electron chi connectivity index (χ2n) is 6.38. The van der Waals surface area contributed by atoms with Crippen LogP contribution in [0.4, 0.5) is 0 Å². The van der Waals surface area contributed by atoms with Crippen LogP contribution in [0.5, 0.6) is 0 Å². The van der Waals surface area contributed by atoms with Crippen LogP contribution in [0.1, 0.15) is 40.3 Å². The third-order valence-corrected chi connectivity index (χ3v) is 3.15. The first-order valence-corrected chi connectivity index (χ1v) is 6.32. The molecule has 0 amide bonds. The Morgan fingerprint density at radius 3 is 2.33 bits per heavy atom. The smallest absolute Gasteiger partial charge is 0.0951 e. The summed E-state index contributed by atoms with van der Waals surface area (Å²) < 4.78 is 4.15. The summed E-state index contributed by atoms with van der Waals surface area (Å²) in [5, 5.41) is 4.66. The van der Waals surface area contributed by atoms with E-state index in [1.165, 1.54) is 0 Å². The van der Waals surface area contributed by atoms with Gasteiger partial charge in [-0.1, -0.05) is 0 Å². The zero-order valence-corrected chi connectivity index (χ0v) is 11.9. The van der Waals surface area contributed by atoms with Gasteiger partial charge in [0.2, 0.25) is 0 Å². The van der Waals surface area contributed by atoms with Crippen molar-refractivity contribution in [3.05, 3.63) is 36.7 Å². The van der Waals surface area contributed by atoms with Crippen LogP contribution in [0.15, 0.2) is 31.0 Å². The van der Waals surface area contributed by atoms with Crippen molar-refractivity contribution in [1.82, 2.24) is 19.3 Å². The van der Waals surface area contributed by atoms with Crippen molar-refractivity contribution in [1.29, 1.82) is 0 Å². The first-order chi connectivity index (χ1) is 8.29. The number of aromatic nitrogens is 4. The molecule has 2 aromatic rings. The third kappa shape index (κ3) is 2.63. The SMILES string of the molecule is CC(C)(C)n1ccc(CC(C)(C)n2ccnc2)n1. The highest BCUT2D eigenvalue weighted by atomic mass is 15.3. The van der Waals surface area contributed by atoms with Crippen molar-refractivity contribution >= 4 is 0 Å². The summed E-state index contributed by atoms with van der Waals surface area (Å²) in [7, 11) is 0. The van der Waals surface area contributed by atoms with Gasteiger partial charge in [0.25, 0.3) is 0 Å². The minimum atomic E-state index is -0.00638. The molecule has 4 heteroatoms. The van der Waals surface area contributed by atoms with E-state index in [0.717, 1.165) is 12.1 Å². The molecular formula is C14H22N4. The van der Waals surface area contributed by atoms with Gasteiger partial charge in [0, 0.05) is 30.6 Å². The number of hydrogen-bond acceptors (Lipinski definition) is 2. The molecule has 2 heterocycles. The fraction of sp³-hybridized carbons (Fsp3) is 0.571. The number of rotatable bonds is 3. The van der Waals surface area contributed by atoms with Gasteiger partial charge in [0.15, 0.2) is 0 Å². The molecule has 0 spiro atoms. The average Bonchev–Trinajstić information content (AvgIpc) is 2.83. The Morgan fingerprint density at radius 1 is 1.11 bits per heavy atom.